The minimum atomic E-state index is -0.0528. The molecule has 2 heterocycles. The quantitative estimate of drug-likeness (QED) is 0.850. The van der Waals surface area contributed by atoms with Crippen molar-refractivity contribution in [1.29, 1.82) is 0 Å². The van der Waals surface area contributed by atoms with Crippen LogP contribution in [0.4, 0.5) is 0 Å². The maximum atomic E-state index is 12.3. The van der Waals surface area contributed by atoms with Crippen molar-refractivity contribution in [1.82, 2.24) is 4.90 Å². The number of nitrogens with zero attached hydrogens (tertiary/aromatic N) is 1. The van der Waals surface area contributed by atoms with E-state index in [-0.39, 0.29) is 25.3 Å². The van der Waals surface area contributed by atoms with Gasteiger partial charge in [0.1, 0.15) is 0 Å². The lowest BCUT2D eigenvalue weighted by atomic mass is 10.1. The summed E-state index contributed by atoms with van der Waals surface area (Å²) in [6.45, 7) is 0.935. The van der Waals surface area contributed by atoms with E-state index in [2.05, 4.69) is 0 Å². The lowest BCUT2D eigenvalue weighted by Crippen LogP contribution is -2.37. The molecular formula is C13H15NO4. The van der Waals surface area contributed by atoms with Crippen molar-refractivity contribution < 1.29 is 19.4 Å². The number of likely N-dealkylation sites (tertiary alicyclic amines) is 1. The van der Waals surface area contributed by atoms with Crippen molar-refractivity contribution in [2.45, 2.75) is 18.9 Å². The second-order valence-corrected chi connectivity index (χ2v) is 4.55. The number of aliphatic hydroxyl groups is 1. The fraction of sp³-hybridized carbons (Fsp3) is 0.462. The molecule has 0 radical (unpaired) electrons. The maximum Gasteiger partial charge on any atom is 0.254 e. The van der Waals surface area contributed by atoms with Crippen LogP contribution in [0.1, 0.15) is 23.2 Å². The second kappa shape index (κ2) is 4.49. The summed E-state index contributed by atoms with van der Waals surface area (Å²) in [4.78, 5) is 14.1. The fourth-order valence-corrected chi connectivity index (χ4v) is 2.49. The summed E-state index contributed by atoms with van der Waals surface area (Å²) in [6, 6.07) is 5.14. The third kappa shape index (κ3) is 1.80. The van der Waals surface area contributed by atoms with Crippen LogP contribution in [-0.4, -0.2) is 41.9 Å². The van der Waals surface area contributed by atoms with Gasteiger partial charge in [-0.25, -0.2) is 0 Å². The van der Waals surface area contributed by atoms with Gasteiger partial charge >= 0.3 is 0 Å². The molecule has 0 aromatic heterocycles. The Morgan fingerprint density at radius 1 is 1.39 bits per heavy atom. The van der Waals surface area contributed by atoms with E-state index < -0.39 is 0 Å². The van der Waals surface area contributed by atoms with E-state index in [4.69, 9.17) is 9.47 Å². The SMILES string of the molecule is O=C(c1ccc2c(c1)OCO2)N1CCCC1CO. The molecule has 0 bridgehead atoms. The Hall–Kier alpha value is -1.75. The zero-order valence-electron chi connectivity index (χ0n) is 9.96. The van der Waals surface area contributed by atoms with Crippen LogP contribution in [-0.2, 0) is 0 Å². The third-order valence-corrected chi connectivity index (χ3v) is 3.47. The van der Waals surface area contributed by atoms with Crippen molar-refractivity contribution >= 4 is 5.91 Å². The molecule has 1 N–H and O–H groups in total. The van der Waals surface area contributed by atoms with E-state index in [0.29, 0.717) is 23.6 Å². The van der Waals surface area contributed by atoms with Gasteiger partial charge in [0.15, 0.2) is 11.5 Å². The molecule has 96 valence electrons. The van der Waals surface area contributed by atoms with Crippen LogP contribution in [0.3, 0.4) is 0 Å². The predicted octanol–water partition coefficient (Wildman–Crippen LogP) is 1.01. The van der Waals surface area contributed by atoms with E-state index in [9.17, 15) is 9.90 Å². The van der Waals surface area contributed by atoms with Crippen molar-refractivity contribution in [2.24, 2.45) is 0 Å². The van der Waals surface area contributed by atoms with Gasteiger partial charge in [-0.2, -0.15) is 0 Å². The first-order valence-corrected chi connectivity index (χ1v) is 6.11. The van der Waals surface area contributed by atoms with Crippen molar-refractivity contribution in [3.8, 4) is 11.5 Å². The molecule has 2 aliphatic heterocycles. The van der Waals surface area contributed by atoms with Crippen molar-refractivity contribution in [2.75, 3.05) is 19.9 Å². The lowest BCUT2D eigenvalue weighted by molar-refractivity contribution is 0.0677. The molecule has 1 fully saturated rings. The van der Waals surface area contributed by atoms with Gasteiger partial charge in [-0.1, -0.05) is 0 Å². The summed E-state index contributed by atoms with van der Waals surface area (Å²) in [5.41, 5.74) is 0.583. The minimum absolute atomic E-state index is 0.0241. The molecule has 5 nitrogen and oxygen atoms in total. The zero-order chi connectivity index (χ0) is 12.5. The van der Waals surface area contributed by atoms with E-state index in [1.165, 1.54) is 0 Å². The molecule has 0 aliphatic carbocycles. The van der Waals surface area contributed by atoms with Crippen LogP contribution < -0.4 is 9.47 Å². The molecule has 1 aromatic carbocycles. The van der Waals surface area contributed by atoms with Crippen LogP contribution in [0.25, 0.3) is 0 Å². The highest BCUT2D eigenvalue weighted by atomic mass is 16.7. The van der Waals surface area contributed by atoms with Gasteiger partial charge in [-0.3, -0.25) is 4.79 Å². The number of hydrogen-bond donors (Lipinski definition) is 1. The largest absolute Gasteiger partial charge is 0.454 e. The standard InChI is InChI=1S/C13H15NO4/c15-7-10-2-1-5-14(10)13(16)9-3-4-11-12(6-9)18-8-17-11/h3-4,6,10,15H,1-2,5,7-8H2. The highest BCUT2D eigenvalue weighted by molar-refractivity contribution is 5.95. The Labute approximate surface area is 105 Å². The lowest BCUT2D eigenvalue weighted by Gasteiger charge is -2.23. The van der Waals surface area contributed by atoms with Gasteiger partial charge in [0.2, 0.25) is 6.79 Å². The van der Waals surface area contributed by atoms with Gasteiger partial charge < -0.3 is 19.5 Å². The molecular weight excluding hydrogens is 234 g/mol. The number of ether oxygens (including phenoxy) is 2. The summed E-state index contributed by atoms with van der Waals surface area (Å²) in [5, 5.41) is 9.25. The first-order chi connectivity index (χ1) is 8.79. The average molecular weight is 249 g/mol. The molecule has 1 aromatic rings. The number of aliphatic hydroxyl groups excluding tert-OH is 1. The molecule has 2 aliphatic rings. The second-order valence-electron chi connectivity index (χ2n) is 4.55. The highest BCUT2D eigenvalue weighted by Gasteiger charge is 2.29. The van der Waals surface area contributed by atoms with Gasteiger partial charge in [0.25, 0.3) is 5.91 Å². The number of fused-ring (bicyclic) bond motifs is 1. The van der Waals surface area contributed by atoms with Gasteiger partial charge in [-0.05, 0) is 31.0 Å². The van der Waals surface area contributed by atoms with E-state index in [1.54, 1.807) is 23.1 Å². The number of amides is 1. The van der Waals surface area contributed by atoms with Crippen LogP contribution in [0.2, 0.25) is 0 Å². The number of rotatable bonds is 2. The van der Waals surface area contributed by atoms with Crippen molar-refractivity contribution in [3.05, 3.63) is 23.8 Å². The van der Waals surface area contributed by atoms with E-state index in [0.717, 1.165) is 12.8 Å². The first kappa shape index (κ1) is 11.3. The topological polar surface area (TPSA) is 59.0 Å². The Morgan fingerprint density at radius 3 is 3.06 bits per heavy atom. The Balaban J connectivity index is 1.84. The van der Waals surface area contributed by atoms with Crippen LogP contribution >= 0.6 is 0 Å². The monoisotopic (exact) mass is 249 g/mol. The van der Waals surface area contributed by atoms with Gasteiger partial charge in [0.05, 0.1) is 12.6 Å². The maximum absolute atomic E-state index is 12.3. The Morgan fingerprint density at radius 2 is 2.22 bits per heavy atom. The van der Waals surface area contributed by atoms with Crippen LogP contribution in [0.15, 0.2) is 18.2 Å². The van der Waals surface area contributed by atoms with E-state index in [1.807, 2.05) is 0 Å². The van der Waals surface area contributed by atoms with Crippen LogP contribution in [0.5, 0.6) is 11.5 Å². The summed E-state index contributed by atoms with van der Waals surface area (Å²) < 4.78 is 10.5. The number of carbonyl (C=O) groups is 1. The van der Waals surface area contributed by atoms with Crippen molar-refractivity contribution in [3.63, 3.8) is 0 Å². The molecule has 18 heavy (non-hydrogen) atoms. The summed E-state index contributed by atoms with van der Waals surface area (Å²) in [7, 11) is 0. The average Bonchev–Trinajstić information content (AvgIpc) is 3.05. The minimum Gasteiger partial charge on any atom is -0.454 e. The Kier molecular flexibility index (Phi) is 2.83. The molecule has 1 amide bonds. The summed E-state index contributed by atoms with van der Waals surface area (Å²) in [6.07, 6.45) is 1.81. The molecule has 0 spiro atoms. The smallest absolute Gasteiger partial charge is 0.254 e. The number of benzene rings is 1. The molecule has 1 unspecified atom stereocenters. The fourth-order valence-electron chi connectivity index (χ4n) is 2.49. The zero-order valence-corrected chi connectivity index (χ0v) is 9.96. The number of carbonyl (C=O) groups excluding carboxylic acids is 1. The summed E-state index contributed by atoms with van der Waals surface area (Å²) in [5.74, 6) is 1.23. The first-order valence-electron chi connectivity index (χ1n) is 6.11. The normalized spacial score (nSPS) is 21.4. The Bertz CT molecular complexity index is 474. The van der Waals surface area contributed by atoms with E-state index >= 15 is 0 Å². The predicted molar refractivity (Wildman–Crippen MR) is 63.7 cm³/mol. The number of hydrogen-bond acceptors (Lipinski definition) is 4. The molecule has 1 saturated heterocycles. The third-order valence-electron chi connectivity index (χ3n) is 3.47. The molecule has 3 rings (SSSR count). The van der Waals surface area contributed by atoms with Gasteiger partial charge in [0, 0.05) is 12.1 Å². The summed E-state index contributed by atoms with van der Waals surface area (Å²) >= 11 is 0. The molecule has 5 heteroatoms. The highest BCUT2D eigenvalue weighted by Crippen LogP contribution is 2.33. The molecule has 1 atom stereocenters. The van der Waals surface area contributed by atoms with Crippen LogP contribution in [0, 0.1) is 0 Å². The molecule has 0 saturated carbocycles. The van der Waals surface area contributed by atoms with Gasteiger partial charge in [-0.15, -0.1) is 0 Å².